The molecule has 1 atom stereocenters. The second-order valence-electron chi connectivity index (χ2n) is 8.65. The first-order valence-electron chi connectivity index (χ1n) is 11.6. The van der Waals surface area contributed by atoms with Crippen LogP contribution in [0.15, 0.2) is 27.6 Å². The van der Waals surface area contributed by atoms with Gasteiger partial charge in [0.25, 0.3) is 0 Å². The molecule has 1 aromatic heterocycles. The number of likely N-dealkylation sites (tertiary alicyclic amines) is 2. The molecule has 0 unspecified atom stereocenters. The number of aliphatic imine (C=N–C) groups is 1. The first kappa shape index (κ1) is 23.4. The molecule has 10 heteroatoms. The van der Waals surface area contributed by atoms with Crippen molar-refractivity contribution in [3.8, 4) is 11.9 Å². The molecule has 2 fully saturated rings. The number of amides is 2. The number of nitrogens with zero attached hydrogens (tertiary/aromatic N) is 4. The summed E-state index contributed by atoms with van der Waals surface area (Å²) >= 11 is 0. The molecule has 2 N–H and O–H groups in total. The first-order valence-corrected chi connectivity index (χ1v) is 11.6. The molecular formula is C24H30N6O4. The van der Waals surface area contributed by atoms with Gasteiger partial charge in [0.2, 0.25) is 17.8 Å². The molecule has 2 amide bonds. The highest BCUT2D eigenvalue weighted by atomic mass is 16.5. The van der Waals surface area contributed by atoms with E-state index in [2.05, 4.69) is 15.6 Å². The van der Waals surface area contributed by atoms with Crippen LogP contribution < -0.4 is 15.4 Å². The van der Waals surface area contributed by atoms with Gasteiger partial charge in [-0.1, -0.05) is 0 Å². The largest absolute Gasteiger partial charge is 0.493 e. The van der Waals surface area contributed by atoms with E-state index >= 15 is 0 Å². The van der Waals surface area contributed by atoms with Crippen molar-refractivity contribution in [1.29, 1.82) is 5.26 Å². The zero-order valence-corrected chi connectivity index (χ0v) is 19.6. The summed E-state index contributed by atoms with van der Waals surface area (Å²) in [6.45, 7) is 3.98. The van der Waals surface area contributed by atoms with E-state index in [9.17, 15) is 14.9 Å². The lowest BCUT2D eigenvalue weighted by atomic mass is 10.1. The van der Waals surface area contributed by atoms with Gasteiger partial charge < -0.3 is 24.3 Å². The van der Waals surface area contributed by atoms with Gasteiger partial charge in [0.15, 0.2) is 17.5 Å². The molecule has 1 aromatic carbocycles. The van der Waals surface area contributed by atoms with Crippen LogP contribution >= 0.6 is 0 Å². The van der Waals surface area contributed by atoms with E-state index in [4.69, 9.17) is 9.15 Å². The fourth-order valence-corrected chi connectivity index (χ4v) is 4.51. The van der Waals surface area contributed by atoms with Gasteiger partial charge in [-0.2, -0.15) is 5.26 Å². The predicted molar refractivity (Wildman–Crippen MR) is 127 cm³/mol. The monoisotopic (exact) mass is 466 g/mol. The van der Waals surface area contributed by atoms with Crippen molar-refractivity contribution < 1.29 is 18.7 Å². The third-order valence-corrected chi connectivity index (χ3v) is 6.18. The molecule has 0 spiro atoms. The molecule has 0 saturated carbocycles. The summed E-state index contributed by atoms with van der Waals surface area (Å²) < 4.78 is 11.1. The molecule has 0 bridgehead atoms. The SMILES string of the molecule is COc1cc(NC(=N[C@H]2CCCCN(CC(=O)N3CCCC3)C2=O)NC#N)cc2cc(C)oc12. The number of fused-ring (bicyclic) bond motifs is 1. The Balaban J connectivity index is 1.54. The van der Waals surface area contributed by atoms with Crippen LogP contribution in [0.3, 0.4) is 0 Å². The summed E-state index contributed by atoms with van der Waals surface area (Å²) in [5.41, 5.74) is 1.27. The van der Waals surface area contributed by atoms with Crippen molar-refractivity contribution in [1.82, 2.24) is 15.1 Å². The molecule has 3 heterocycles. The van der Waals surface area contributed by atoms with Gasteiger partial charge in [-0.05, 0) is 51.2 Å². The Bertz CT molecular complexity index is 1130. The quantitative estimate of drug-likeness (QED) is 0.300. The number of anilines is 1. The smallest absolute Gasteiger partial charge is 0.247 e. The molecule has 10 nitrogen and oxygen atoms in total. The van der Waals surface area contributed by atoms with E-state index < -0.39 is 6.04 Å². The maximum atomic E-state index is 13.2. The van der Waals surface area contributed by atoms with E-state index in [-0.39, 0.29) is 24.3 Å². The third kappa shape index (κ3) is 5.25. The van der Waals surface area contributed by atoms with Crippen molar-refractivity contribution in [2.45, 2.75) is 45.1 Å². The molecule has 2 aromatic rings. The van der Waals surface area contributed by atoms with Crippen LogP contribution in [0.5, 0.6) is 5.75 Å². The van der Waals surface area contributed by atoms with Gasteiger partial charge in [0.05, 0.1) is 13.7 Å². The van der Waals surface area contributed by atoms with Crippen LogP contribution in [0.1, 0.15) is 37.9 Å². The van der Waals surface area contributed by atoms with Crippen molar-refractivity contribution in [2.24, 2.45) is 4.99 Å². The molecule has 2 aliphatic rings. The van der Waals surface area contributed by atoms with E-state index in [1.165, 1.54) is 0 Å². The lowest BCUT2D eigenvalue weighted by Crippen LogP contribution is -2.45. The number of ether oxygens (including phenoxy) is 1. The lowest BCUT2D eigenvalue weighted by molar-refractivity contribution is -0.140. The molecule has 0 aliphatic carbocycles. The van der Waals surface area contributed by atoms with E-state index in [0.717, 1.165) is 49.9 Å². The molecular weight excluding hydrogens is 436 g/mol. The third-order valence-electron chi connectivity index (χ3n) is 6.18. The maximum Gasteiger partial charge on any atom is 0.247 e. The average Bonchev–Trinajstić information content (AvgIpc) is 3.45. The van der Waals surface area contributed by atoms with E-state index in [0.29, 0.717) is 30.0 Å². The number of hydrogen-bond acceptors (Lipinski definition) is 6. The van der Waals surface area contributed by atoms with Crippen LogP contribution in [0.4, 0.5) is 5.69 Å². The van der Waals surface area contributed by atoms with Crippen LogP contribution in [0.25, 0.3) is 11.0 Å². The summed E-state index contributed by atoms with van der Waals surface area (Å²) in [4.78, 5) is 33.8. The highest BCUT2D eigenvalue weighted by Crippen LogP contribution is 2.32. The molecule has 2 saturated heterocycles. The van der Waals surface area contributed by atoms with Gasteiger partial charge in [-0.3, -0.25) is 14.9 Å². The van der Waals surface area contributed by atoms with E-state index in [1.807, 2.05) is 30.1 Å². The number of carbonyl (C=O) groups is 2. The van der Waals surface area contributed by atoms with Crippen molar-refractivity contribution in [2.75, 3.05) is 38.6 Å². The normalized spacial score (nSPS) is 19.1. The lowest BCUT2D eigenvalue weighted by Gasteiger charge is -2.25. The fraction of sp³-hybridized carbons (Fsp3) is 0.500. The van der Waals surface area contributed by atoms with Gasteiger partial charge in [0.1, 0.15) is 11.8 Å². The van der Waals surface area contributed by atoms with E-state index in [1.54, 1.807) is 18.1 Å². The highest BCUT2D eigenvalue weighted by Gasteiger charge is 2.30. The Hall–Kier alpha value is -3.74. The number of aryl methyl sites for hydroxylation is 1. The Labute approximate surface area is 198 Å². The second-order valence-corrected chi connectivity index (χ2v) is 8.65. The Morgan fingerprint density at radius 2 is 2.00 bits per heavy atom. The van der Waals surface area contributed by atoms with Gasteiger partial charge in [0, 0.05) is 36.8 Å². The van der Waals surface area contributed by atoms with Crippen LogP contribution in [-0.2, 0) is 9.59 Å². The number of carbonyl (C=O) groups excluding carboxylic acids is 2. The summed E-state index contributed by atoms with van der Waals surface area (Å²) in [5, 5.41) is 15.7. The molecule has 180 valence electrons. The van der Waals surface area contributed by atoms with Crippen LogP contribution in [-0.4, -0.2) is 66.9 Å². The standard InChI is InChI=1S/C24H30N6O4/c1-16-11-17-12-18(13-20(33-2)22(17)34-16)27-24(26-15-25)28-19-7-3-4-10-30(23(19)32)14-21(31)29-8-5-6-9-29/h11-13,19H,3-10,14H2,1-2H3,(H2,26,27,28)/t19-/m0/s1. The summed E-state index contributed by atoms with van der Waals surface area (Å²) in [5.74, 6) is 1.25. The summed E-state index contributed by atoms with van der Waals surface area (Å²) in [6.07, 6.45) is 6.07. The highest BCUT2D eigenvalue weighted by molar-refractivity contribution is 5.99. The number of rotatable bonds is 5. The molecule has 0 radical (unpaired) electrons. The zero-order valence-electron chi connectivity index (χ0n) is 19.6. The molecule has 4 rings (SSSR count). The van der Waals surface area contributed by atoms with Crippen molar-refractivity contribution in [3.05, 3.63) is 24.0 Å². The molecule has 34 heavy (non-hydrogen) atoms. The fourth-order valence-electron chi connectivity index (χ4n) is 4.51. The van der Waals surface area contributed by atoms with Crippen molar-refractivity contribution in [3.63, 3.8) is 0 Å². The minimum Gasteiger partial charge on any atom is -0.493 e. The first-order chi connectivity index (χ1) is 16.5. The number of furan rings is 1. The van der Waals surface area contributed by atoms with Gasteiger partial charge in [-0.15, -0.1) is 0 Å². The van der Waals surface area contributed by atoms with Gasteiger partial charge in [-0.25, -0.2) is 4.99 Å². The number of methoxy groups -OCH3 is 1. The summed E-state index contributed by atoms with van der Waals surface area (Å²) in [7, 11) is 1.56. The van der Waals surface area contributed by atoms with Gasteiger partial charge >= 0.3 is 0 Å². The zero-order chi connectivity index (χ0) is 24.1. The topological polar surface area (TPSA) is 123 Å². The van der Waals surface area contributed by atoms with Crippen LogP contribution in [0, 0.1) is 18.4 Å². The minimum absolute atomic E-state index is 0.0141. The number of guanidine groups is 1. The minimum atomic E-state index is -0.681. The Morgan fingerprint density at radius 3 is 2.74 bits per heavy atom. The molecule has 2 aliphatic heterocycles. The summed E-state index contributed by atoms with van der Waals surface area (Å²) in [6, 6.07) is 4.81. The Kier molecular flexibility index (Phi) is 7.21. The predicted octanol–water partition coefficient (Wildman–Crippen LogP) is 2.59. The number of nitriles is 1. The van der Waals surface area contributed by atoms with Crippen molar-refractivity contribution >= 4 is 34.4 Å². The number of hydrogen-bond donors (Lipinski definition) is 2. The maximum absolute atomic E-state index is 13.2. The average molecular weight is 467 g/mol. The number of benzene rings is 1. The second kappa shape index (κ2) is 10.5. The van der Waals surface area contributed by atoms with Crippen LogP contribution in [0.2, 0.25) is 0 Å². The Morgan fingerprint density at radius 1 is 1.24 bits per heavy atom. The number of nitrogens with one attached hydrogen (secondary N) is 2.